The molecule has 0 aliphatic carbocycles. The van der Waals surface area contributed by atoms with E-state index in [2.05, 4.69) is 12.8 Å². The quantitative estimate of drug-likeness (QED) is 0.622. The first-order chi connectivity index (χ1) is 9.67. The van der Waals surface area contributed by atoms with Crippen LogP contribution in [0.4, 0.5) is 5.69 Å². The second kappa shape index (κ2) is 6.44. The highest BCUT2D eigenvalue weighted by atomic mass is 16.5. The molecule has 4 heteroatoms. The van der Waals surface area contributed by atoms with E-state index in [0.29, 0.717) is 22.9 Å². The third-order valence-electron chi connectivity index (χ3n) is 3.70. The van der Waals surface area contributed by atoms with E-state index in [9.17, 15) is 4.79 Å². The first-order valence-electron chi connectivity index (χ1n) is 6.79. The number of carbonyl (C=O) groups excluding carboxylic acids is 1. The summed E-state index contributed by atoms with van der Waals surface area (Å²) >= 11 is 0. The van der Waals surface area contributed by atoms with Crippen LogP contribution in [0.25, 0.3) is 0 Å². The van der Waals surface area contributed by atoms with Gasteiger partial charge in [-0.05, 0) is 37.3 Å². The average molecular weight is 271 g/mol. The smallest absolute Gasteiger partial charge is 0.228 e. The number of amides is 1. The minimum absolute atomic E-state index is 0.594. The fourth-order valence-electron chi connectivity index (χ4n) is 2.41. The molecule has 1 aliphatic rings. The molecule has 0 saturated carbocycles. The summed E-state index contributed by atoms with van der Waals surface area (Å²) in [5.74, 6) is 3.66. The molecule has 105 valence electrons. The second-order valence-electron chi connectivity index (χ2n) is 5.13. The van der Waals surface area contributed by atoms with Crippen LogP contribution in [0.15, 0.2) is 18.2 Å². The molecule has 1 aromatic rings. The molecule has 1 aliphatic heterocycles. The van der Waals surface area contributed by atoms with Crippen LogP contribution in [0.2, 0.25) is 0 Å². The lowest BCUT2D eigenvalue weighted by Crippen LogP contribution is -2.46. The van der Waals surface area contributed by atoms with Gasteiger partial charge in [0.1, 0.15) is 5.75 Å². The third kappa shape index (κ3) is 3.12. The van der Waals surface area contributed by atoms with Crippen molar-refractivity contribution in [2.24, 2.45) is 5.92 Å². The van der Waals surface area contributed by atoms with Crippen molar-refractivity contribution in [3.8, 4) is 11.7 Å². The predicted octanol–water partition coefficient (Wildman–Crippen LogP) is 2.24. The SMILES string of the molecule is [C]#Cc1cc(OC)cc(N(C=O)N2CCC(C)CC2)c1. The van der Waals surface area contributed by atoms with Crippen LogP contribution in [0, 0.1) is 18.3 Å². The molecule has 0 spiro atoms. The Bertz CT molecular complexity index is 514. The van der Waals surface area contributed by atoms with Crippen LogP contribution in [0.3, 0.4) is 0 Å². The van der Waals surface area contributed by atoms with Crippen molar-refractivity contribution >= 4 is 12.1 Å². The minimum atomic E-state index is 0.594. The van der Waals surface area contributed by atoms with Gasteiger partial charge < -0.3 is 4.74 Å². The topological polar surface area (TPSA) is 32.8 Å². The van der Waals surface area contributed by atoms with Gasteiger partial charge in [0.05, 0.1) is 12.8 Å². The van der Waals surface area contributed by atoms with Gasteiger partial charge in [-0.3, -0.25) is 4.79 Å². The fourth-order valence-corrected chi connectivity index (χ4v) is 2.41. The zero-order valence-corrected chi connectivity index (χ0v) is 11.9. The van der Waals surface area contributed by atoms with Crippen molar-refractivity contribution in [2.75, 3.05) is 25.2 Å². The molecule has 0 N–H and O–H groups in total. The first kappa shape index (κ1) is 14.4. The summed E-state index contributed by atoms with van der Waals surface area (Å²) in [4.78, 5) is 11.5. The number of piperidine rings is 1. The molecule has 0 unspecified atom stereocenters. The van der Waals surface area contributed by atoms with Crippen molar-refractivity contribution < 1.29 is 9.53 Å². The lowest BCUT2D eigenvalue weighted by atomic mass is 10.0. The minimum Gasteiger partial charge on any atom is -0.497 e. The van der Waals surface area contributed by atoms with Gasteiger partial charge in [0.2, 0.25) is 6.41 Å². The van der Waals surface area contributed by atoms with Gasteiger partial charge >= 0.3 is 0 Å². The van der Waals surface area contributed by atoms with Gasteiger partial charge in [-0.1, -0.05) is 12.8 Å². The van der Waals surface area contributed by atoms with Crippen molar-refractivity contribution in [1.29, 1.82) is 0 Å². The van der Waals surface area contributed by atoms with E-state index < -0.39 is 0 Å². The number of carbonyl (C=O) groups is 1. The Morgan fingerprint density at radius 1 is 1.40 bits per heavy atom. The number of anilines is 1. The average Bonchev–Trinajstić information content (AvgIpc) is 2.49. The lowest BCUT2D eigenvalue weighted by molar-refractivity contribution is -0.110. The molecule has 1 aromatic carbocycles. The van der Waals surface area contributed by atoms with E-state index in [0.717, 1.165) is 32.3 Å². The van der Waals surface area contributed by atoms with Gasteiger partial charge in [0.15, 0.2) is 0 Å². The molecule has 1 amide bonds. The summed E-state index contributed by atoms with van der Waals surface area (Å²) < 4.78 is 5.21. The van der Waals surface area contributed by atoms with Crippen molar-refractivity contribution in [1.82, 2.24) is 5.01 Å². The summed E-state index contributed by atoms with van der Waals surface area (Å²) in [7, 11) is 1.57. The van der Waals surface area contributed by atoms with E-state index >= 15 is 0 Å². The van der Waals surface area contributed by atoms with Crippen molar-refractivity contribution in [3.63, 3.8) is 0 Å². The normalized spacial score (nSPS) is 16.4. The number of hydrogen-bond acceptors (Lipinski definition) is 3. The zero-order valence-electron chi connectivity index (χ0n) is 11.9. The Hall–Kier alpha value is -1.99. The van der Waals surface area contributed by atoms with Crippen LogP contribution >= 0.6 is 0 Å². The molecule has 1 saturated heterocycles. The first-order valence-corrected chi connectivity index (χ1v) is 6.79. The standard InChI is InChI=1S/C16H19N2O2/c1-4-14-9-15(11-16(10-14)20-3)18(12-19)17-7-5-13(2)6-8-17/h9-13H,5-8H2,2-3H3. The molecule has 1 heterocycles. The number of rotatable bonds is 4. The second-order valence-corrected chi connectivity index (χ2v) is 5.13. The maximum Gasteiger partial charge on any atom is 0.228 e. The van der Waals surface area contributed by atoms with Gasteiger partial charge in [-0.2, -0.15) is 0 Å². The summed E-state index contributed by atoms with van der Waals surface area (Å²) in [5, 5.41) is 3.64. The van der Waals surface area contributed by atoms with E-state index in [-0.39, 0.29) is 0 Å². The van der Waals surface area contributed by atoms with E-state index in [1.807, 2.05) is 5.01 Å². The summed E-state index contributed by atoms with van der Waals surface area (Å²) in [6.07, 6.45) is 10.2. The number of hydrazine groups is 1. The van der Waals surface area contributed by atoms with E-state index in [4.69, 9.17) is 11.2 Å². The van der Waals surface area contributed by atoms with Crippen LogP contribution in [0.1, 0.15) is 25.3 Å². The molecule has 20 heavy (non-hydrogen) atoms. The summed E-state index contributed by atoms with van der Waals surface area (Å²) in [5.41, 5.74) is 1.31. The molecule has 2 rings (SSSR count). The van der Waals surface area contributed by atoms with Crippen LogP contribution in [0.5, 0.6) is 5.75 Å². The van der Waals surface area contributed by atoms with Crippen molar-refractivity contribution in [2.45, 2.75) is 19.8 Å². The van der Waals surface area contributed by atoms with Crippen LogP contribution < -0.4 is 9.75 Å². The molecule has 0 atom stereocenters. The maximum atomic E-state index is 11.5. The number of methoxy groups -OCH3 is 1. The third-order valence-corrected chi connectivity index (χ3v) is 3.70. The summed E-state index contributed by atoms with van der Waals surface area (Å²) in [6.45, 7) is 3.96. The Kier molecular flexibility index (Phi) is 4.65. The molecule has 1 radical (unpaired) electrons. The highest BCUT2D eigenvalue weighted by Crippen LogP contribution is 2.26. The summed E-state index contributed by atoms with van der Waals surface area (Å²) in [6, 6.07) is 5.28. The number of ether oxygens (including phenoxy) is 1. The van der Waals surface area contributed by atoms with Gasteiger partial charge in [0, 0.05) is 24.7 Å². The predicted molar refractivity (Wildman–Crippen MR) is 77.7 cm³/mol. The van der Waals surface area contributed by atoms with Crippen LogP contribution in [-0.4, -0.2) is 31.6 Å². The molecule has 4 nitrogen and oxygen atoms in total. The van der Waals surface area contributed by atoms with Gasteiger partial charge in [0.25, 0.3) is 0 Å². The zero-order chi connectivity index (χ0) is 14.5. The van der Waals surface area contributed by atoms with Crippen LogP contribution in [-0.2, 0) is 4.79 Å². The Morgan fingerprint density at radius 2 is 2.10 bits per heavy atom. The maximum absolute atomic E-state index is 11.5. The molecule has 0 aromatic heterocycles. The van der Waals surface area contributed by atoms with Gasteiger partial charge in [-0.25, -0.2) is 10.0 Å². The lowest BCUT2D eigenvalue weighted by Gasteiger charge is -2.36. The van der Waals surface area contributed by atoms with Gasteiger partial charge in [-0.15, -0.1) is 0 Å². The van der Waals surface area contributed by atoms with E-state index in [1.165, 1.54) is 0 Å². The molecular weight excluding hydrogens is 252 g/mol. The highest BCUT2D eigenvalue weighted by Gasteiger charge is 2.22. The fraction of sp³-hybridized carbons (Fsp3) is 0.438. The largest absolute Gasteiger partial charge is 0.497 e. The highest BCUT2D eigenvalue weighted by molar-refractivity contribution is 5.75. The number of nitrogens with zero attached hydrogens (tertiary/aromatic N) is 2. The molecular formula is C16H19N2O2. The molecule has 0 bridgehead atoms. The monoisotopic (exact) mass is 271 g/mol. The molecule has 1 fully saturated rings. The number of hydrogen-bond donors (Lipinski definition) is 0. The Balaban J connectivity index is 2.27. The number of benzene rings is 1. The Labute approximate surface area is 120 Å². The van der Waals surface area contributed by atoms with E-state index in [1.54, 1.807) is 30.3 Å². The van der Waals surface area contributed by atoms with Crippen molar-refractivity contribution in [3.05, 3.63) is 30.2 Å². The Morgan fingerprint density at radius 3 is 2.65 bits per heavy atom.